The fraction of sp³-hybridized carbons (Fsp3) is 0.333. The van der Waals surface area contributed by atoms with Crippen molar-refractivity contribution < 1.29 is 0 Å². The van der Waals surface area contributed by atoms with E-state index in [0.717, 1.165) is 23.9 Å². The Labute approximate surface area is 106 Å². The number of hydrogen-bond acceptors (Lipinski definition) is 3. The zero-order valence-electron chi connectivity index (χ0n) is 9.73. The van der Waals surface area contributed by atoms with Crippen LogP contribution in [-0.4, -0.2) is 14.8 Å². The predicted molar refractivity (Wildman–Crippen MR) is 67.7 cm³/mol. The van der Waals surface area contributed by atoms with E-state index in [-0.39, 0.29) is 0 Å². The van der Waals surface area contributed by atoms with Crippen molar-refractivity contribution in [3.63, 3.8) is 0 Å². The average molecular weight is 251 g/mol. The van der Waals surface area contributed by atoms with Crippen molar-refractivity contribution in [2.45, 2.75) is 26.6 Å². The number of hydrogen-bond donors (Lipinski definition) is 1. The van der Waals surface area contributed by atoms with E-state index < -0.39 is 0 Å². The summed E-state index contributed by atoms with van der Waals surface area (Å²) in [5.41, 5.74) is 1.17. The van der Waals surface area contributed by atoms with Gasteiger partial charge in [0.25, 0.3) is 0 Å². The summed E-state index contributed by atoms with van der Waals surface area (Å²) < 4.78 is 1.88. The third-order valence-electron chi connectivity index (χ3n) is 2.50. The highest BCUT2D eigenvalue weighted by atomic mass is 35.5. The summed E-state index contributed by atoms with van der Waals surface area (Å²) in [7, 11) is 0. The fourth-order valence-corrected chi connectivity index (χ4v) is 1.87. The largest absolute Gasteiger partial charge is 0.306 e. The number of rotatable bonds is 5. The Bertz CT molecular complexity index is 481. The van der Waals surface area contributed by atoms with Crippen LogP contribution in [-0.2, 0) is 19.6 Å². The molecule has 0 aliphatic carbocycles. The van der Waals surface area contributed by atoms with E-state index in [1.807, 2.05) is 28.9 Å². The molecule has 2 aromatic rings. The second-order valence-electron chi connectivity index (χ2n) is 3.73. The standard InChI is InChI=1S/C12H15ClN4/c1-2-17-12(15-9-16-17)8-14-7-10-4-3-5-11(13)6-10/h3-6,9,14H,2,7-8H2,1H3. The Morgan fingerprint density at radius 1 is 1.35 bits per heavy atom. The SMILES string of the molecule is CCn1ncnc1CNCc1cccc(Cl)c1. The third kappa shape index (κ3) is 3.28. The van der Waals surface area contributed by atoms with Crippen LogP contribution in [0, 0.1) is 0 Å². The summed E-state index contributed by atoms with van der Waals surface area (Å²) in [5, 5.41) is 8.21. The Kier molecular flexibility index (Phi) is 4.12. The molecule has 0 aliphatic heterocycles. The molecule has 4 nitrogen and oxygen atoms in total. The monoisotopic (exact) mass is 250 g/mol. The van der Waals surface area contributed by atoms with Crippen molar-refractivity contribution >= 4 is 11.6 Å². The lowest BCUT2D eigenvalue weighted by atomic mass is 10.2. The van der Waals surface area contributed by atoms with Crippen LogP contribution >= 0.6 is 11.6 Å². The number of nitrogens with zero attached hydrogens (tertiary/aromatic N) is 3. The lowest BCUT2D eigenvalue weighted by molar-refractivity contribution is 0.572. The van der Waals surface area contributed by atoms with Crippen LogP contribution < -0.4 is 5.32 Å². The number of nitrogens with one attached hydrogen (secondary N) is 1. The van der Waals surface area contributed by atoms with Crippen molar-refractivity contribution in [1.29, 1.82) is 0 Å². The van der Waals surface area contributed by atoms with Crippen LogP contribution in [0.5, 0.6) is 0 Å². The van der Waals surface area contributed by atoms with Gasteiger partial charge >= 0.3 is 0 Å². The van der Waals surface area contributed by atoms with E-state index in [1.165, 1.54) is 5.56 Å². The minimum Gasteiger partial charge on any atom is -0.306 e. The van der Waals surface area contributed by atoms with Crippen molar-refractivity contribution in [3.05, 3.63) is 47.0 Å². The number of aromatic nitrogens is 3. The van der Waals surface area contributed by atoms with Gasteiger partial charge in [0.05, 0.1) is 6.54 Å². The van der Waals surface area contributed by atoms with E-state index in [9.17, 15) is 0 Å². The molecule has 0 atom stereocenters. The van der Waals surface area contributed by atoms with Gasteiger partial charge in [-0.05, 0) is 24.6 Å². The summed E-state index contributed by atoms with van der Waals surface area (Å²) in [6, 6.07) is 7.83. The molecule has 0 radical (unpaired) electrons. The van der Waals surface area contributed by atoms with Gasteiger partial charge in [-0.25, -0.2) is 9.67 Å². The van der Waals surface area contributed by atoms with Gasteiger partial charge < -0.3 is 5.32 Å². The number of benzene rings is 1. The molecule has 0 aliphatic rings. The third-order valence-corrected chi connectivity index (χ3v) is 2.73. The van der Waals surface area contributed by atoms with Gasteiger partial charge in [-0.1, -0.05) is 23.7 Å². The molecule has 0 bridgehead atoms. The van der Waals surface area contributed by atoms with Crippen LogP contribution in [0.1, 0.15) is 18.3 Å². The van der Waals surface area contributed by atoms with Gasteiger partial charge in [-0.2, -0.15) is 5.10 Å². The number of halogens is 1. The van der Waals surface area contributed by atoms with Crippen molar-refractivity contribution in [2.24, 2.45) is 0 Å². The molecule has 2 rings (SSSR count). The fourth-order valence-electron chi connectivity index (χ4n) is 1.65. The van der Waals surface area contributed by atoms with Gasteiger partial charge in [0, 0.05) is 18.1 Å². The molecule has 0 spiro atoms. The molecule has 0 amide bonds. The maximum absolute atomic E-state index is 5.92. The van der Waals surface area contributed by atoms with Crippen LogP contribution in [0.25, 0.3) is 0 Å². The van der Waals surface area contributed by atoms with E-state index >= 15 is 0 Å². The van der Waals surface area contributed by atoms with Gasteiger partial charge in [-0.15, -0.1) is 0 Å². The first-order valence-corrected chi connectivity index (χ1v) is 5.99. The molecule has 1 N–H and O–H groups in total. The molecule has 0 fully saturated rings. The number of aryl methyl sites for hydroxylation is 1. The quantitative estimate of drug-likeness (QED) is 0.885. The van der Waals surface area contributed by atoms with Crippen molar-refractivity contribution in [2.75, 3.05) is 0 Å². The topological polar surface area (TPSA) is 42.7 Å². The maximum atomic E-state index is 5.92. The summed E-state index contributed by atoms with van der Waals surface area (Å²) in [6.07, 6.45) is 1.58. The van der Waals surface area contributed by atoms with Gasteiger partial charge in [0.2, 0.25) is 0 Å². The predicted octanol–water partition coefficient (Wildman–Crippen LogP) is 2.24. The summed E-state index contributed by atoms with van der Waals surface area (Å²) in [5.74, 6) is 0.953. The van der Waals surface area contributed by atoms with Crippen LogP contribution in [0.4, 0.5) is 0 Å². The lowest BCUT2D eigenvalue weighted by Crippen LogP contribution is -2.17. The van der Waals surface area contributed by atoms with Gasteiger partial charge in [0.15, 0.2) is 0 Å². The van der Waals surface area contributed by atoms with E-state index in [0.29, 0.717) is 6.54 Å². The molecule has 0 unspecified atom stereocenters. The smallest absolute Gasteiger partial charge is 0.140 e. The van der Waals surface area contributed by atoms with E-state index in [1.54, 1.807) is 6.33 Å². The van der Waals surface area contributed by atoms with Crippen molar-refractivity contribution in [3.8, 4) is 0 Å². The van der Waals surface area contributed by atoms with Crippen LogP contribution in [0.2, 0.25) is 5.02 Å². The molecule has 1 heterocycles. The van der Waals surface area contributed by atoms with Crippen molar-refractivity contribution in [1.82, 2.24) is 20.1 Å². The highest BCUT2D eigenvalue weighted by Crippen LogP contribution is 2.10. The zero-order chi connectivity index (χ0) is 12.1. The normalized spacial score (nSPS) is 10.7. The zero-order valence-corrected chi connectivity index (χ0v) is 10.5. The molecular formula is C12H15ClN4. The highest BCUT2D eigenvalue weighted by Gasteiger charge is 2.01. The molecule has 1 aromatic heterocycles. The molecule has 0 saturated carbocycles. The molecule has 1 aromatic carbocycles. The summed E-state index contributed by atoms with van der Waals surface area (Å²) >= 11 is 5.92. The molecule has 0 saturated heterocycles. The minimum atomic E-state index is 0.709. The first-order valence-electron chi connectivity index (χ1n) is 5.61. The first-order chi connectivity index (χ1) is 8.29. The van der Waals surface area contributed by atoms with Gasteiger partial charge in [0.1, 0.15) is 12.2 Å². The Morgan fingerprint density at radius 3 is 3.00 bits per heavy atom. The first kappa shape index (κ1) is 12.1. The van der Waals surface area contributed by atoms with Crippen LogP contribution in [0.3, 0.4) is 0 Å². The highest BCUT2D eigenvalue weighted by molar-refractivity contribution is 6.30. The molecular weight excluding hydrogens is 236 g/mol. The minimum absolute atomic E-state index is 0.709. The second-order valence-corrected chi connectivity index (χ2v) is 4.16. The van der Waals surface area contributed by atoms with Gasteiger partial charge in [-0.3, -0.25) is 0 Å². The summed E-state index contributed by atoms with van der Waals surface area (Å²) in [6.45, 7) is 4.38. The average Bonchev–Trinajstić information content (AvgIpc) is 2.77. The Morgan fingerprint density at radius 2 is 2.24 bits per heavy atom. The molecule has 90 valence electrons. The summed E-state index contributed by atoms with van der Waals surface area (Å²) in [4.78, 5) is 4.20. The second kappa shape index (κ2) is 5.80. The lowest BCUT2D eigenvalue weighted by Gasteiger charge is -2.05. The van der Waals surface area contributed by atoms with Crippen LogP contribution in [0.15, 0.2) is 30.6 Å². The van der Waals surface area contributed by atoms with E-state index in [2.05, 4.69) is 22.3 Å². The van der Waals surface area contributed by atoms with E-state index in [4.69, 9.17) is 11.6 Å². The molecule has 5 heteroatoms. The molecule has 17 heavy (non-hydrogen) atoms. The Hall–Kier alpha value is -1.39. The maximum Gasteiger partial charge on any atom is 0.140 e. The Balaban J connectivity index is 1.87.